The lowest BCUT2D eigenvalue weighted by Gasteiger charge is -2.42. The highest BCUT2D eigenvalue weighted by Crippen LogP contribution is 2.59. The average molecular weight is 411 g/mol. The van der Waals surface area contributed by atoms with Gasteiger partial charge < -0.3 is 0 Å². The molecule has 1 aromatic rings. The molecule has 1 saturated carbocycles. The Morgan fingerprint density at radius 2 is 2.20 bits per heavy atom. The van der Waals surface area contributed by atoms with Gasteiger partial charge in [0.25, 0.3) is 0 Å². The molecule has 2 aliphatic rings. The first-order valence-electron chi connectivity index (χ1n) is 10.9. The number of amides is 1. The Morgan fingerprint density at radius 1 is 1.43 bits per heavy atom. The van der Waals surface area contributed by atoms with Gasteiger partial charge in [-0.15, -0.1) is 0 Å². The van der Waals surface area contributed by atoms with Crippen molar-refractivity contribution in [3.05, 3.63) is 41.0 Å². The second kappa shape index (κ2) is 8.72. The summed E-state index contributed by atoms with van der Waals surface area (Å²) in [4.78, 5) is 22.0. The van der Waals surface area contributed by atoms with E-state index in [0.29, 0.717) is 17.9 Å². The first kappa shape index (κ1) is 22.2. The van der Waals surface area contributed by atoms with Crippen LogP contribution in [0.5, 0.6) is 0 Å². The molecule has 6 heteroatoms. The summed E-state index contributed by atoms with van der Waals surface area (Å²) in [5.41, 5.74) is 1.70. The summed E-state index contributed by atoms with van der Waals surface area (Å²) in [6.45, 7) is 14.2. The van der Waals surface area contributed by atoms with E-state index in [4.69, 9.17) is 11.8 Å². The molecule has 1 saturated heterocycles. The van der Waals surface area contributed by atoms with Gasteiger partial charge in [0, 0.05) is 18.3 Å². The van der Waals surface area contributed by atoms with Crippen LogP contribution >= 0.6 is 0 Å². The number of pyridine rings is 1. The third kappa shape index (κ3) is 4.33. The Labute approximate surface area is 179 Å². The van der Waals surface area contributed by atoms with E-state index in [0.717, 1.165) is 37.8 Å². The van der Waals surface area contributed by atoms with Crippen molar-refractivity contribution in [3.63, 3.8) is 0 Å². The molecule has 2 fully saturated rings. The molecule has 2 heterocycles. The van der Waals surface area contributed by atoms with Crippen LogP contribution in [0, 0.1) is 34.7 Å². The summed E-state index contributed by atoms with van der Waals surface area (Å²) in [7, 11) is 0. The number of likely N-dealkylation sites (tertiary alicyclic amines) is 1. The first-order valence-corrected chi connectivity index (χ1v) is 10.9. The lowest BCUT2D eigenvalue weighted by atomic mass is 9.63. The maximum Gasteiger partial charge on any atom is 0.303 e. The molecule has 160 valence electrons. The predicted octanol–water partition coefficient (Wildman–Crippen LogP) is 4.92. The Hall–Kier alpha value is -2.47. The zero-order chi connectivity index (χ0) is 21.9. The summed E-state index contributed by atoms with van der Waals surface area (Å²) in [6.07, 6.45) is 5.30. The van der Waals surface area contributed by atoms with Crippen LogP contribution in [0.15, 0.2) is 18.3 Å². The first-order chi connectivity index (χ1) is 14.2. The molecule has 5 nitrogen and oxygen atoms in total. The van der Waals surface area contributed by atoms with Crippen LogP contribution in [0.25, 0.3) is 4.85 Å². The maximum absolute atomic E-state index is 13.7. The third-order valence-electron chi connectivity index (χ3n) is 7.90. The summed E-state index contributed by atoms with van der Waals surface area (Å²) in [5, 5.41) is 8.91. The molecule has 1 aliphatic carbocycles. The van der Waals surface area contributed by atoms with Crippen LogP contribution < -0.4 is 0 Å². The molecule has 0 radical (unpaired) electrons. The van der Waals surface area contributed by atoms with Gasteiger partial charge in [-0.05, 0) is 61.0 Å². The van der Waals surface area contributed by atoms with Gasteiger partial charge in [-0.3, -0.25) is 19.5 Å². The molecular weight excluding hydrogens is 379 g/mol. The Balaban J connectivity index is 1.57. The molecule has 0 spiro atoms. The number of aromatic nitrogens is 1. The van der Waals surface area contributed by atoms with Gasteiger partial charge >= 0.3 is 6.17 Å². The van der Waals surface area contributed by atoms with Gasteiger partial charge in [0.05, 0.1) is 18.5 Å². The molecule has 4 atom stereocenters. The van der Waals surface area contributed by atoms with Gasteiger partial charge in [0.1, 0.15) is 12.2 Å². The van der Waals surface area contributed by atoms with E-state index < -0.39 is 12.3 Å². The Bertz CT molecular complexity index is 853. The summed E-state index contributed by atoms with van der Waals surface area (Å²) >= 11 is 0. The maximum atomic E-state index is 13.7. The highest BCUT2D eigenvalue weighted by Gasteiger charge is 2.51. The van der Waals surface area contributed by atoms with Gasteiger partial charge in [-0.1, -0.05) is 20.8 Å². The van der Waals surface area contributed by atoms with Crippen molar-refractivity contribution in [3.8, 4) is 6.07 Å². The van der Waals surface area contributed by atoms with Gasteiger partial charge in [0.15, 0.2) is 0 Å². The number of nitrogens with zero attached hydrogens (tertiary/aromatic N) is 4. The number of carbonyl (C=O) groups is 1. The van der Waals surface area contributed by atoms with Gasteiger partial charge in [0.2, 0.25) is 5.91 Å². The number of halogens is 1. The van der Waals surface area contributed by atoms with Crippen molar-refractivity contribution in [2.24, 2.45) is 16.7 Å². The van der Waals surface area contributed by atoms with Crippen molar-refractivity contribution in [2.45, 2.75) is 78.1 Å². The second-order valence-corrected chi connectivity index (χ2v) is 9.70. The molecule has 1 aromatic heterocycles. The van der Waals surface area contributed by atoms with Crippen LogP contribution in [-0.2, 0) is 11.2 Å². The molecular formula is C24H31FN4O. The van der Waals surface area contributed by atoms with Crippen molar-refractivity contribution in [2.75, 3.05) is 6.54 Å². The van der Waals surface area contributed by atoms with Crippen molar-refractivity contribution >= 4 is 5.91 Å². The number of carbonyl (C=O) groups excluding carboxylic acids is 1. The van der Waals surface area contributed by atoms with Crippen LogP contribution in [0.4, 0.5) is 4.39 Å². The number of hydrogen-bond acceptors (Lipinski definition) is 3. The molecule has 0 unspecified atom stereocenters. The van der Waals surface area contributed by atoms with E-state index in [2.05, 4.69) is 36.7 Å². The fourth-order valence-corrected chi connectivity index (χ4v) is 5.26. The zero-order valence-electron chi connectivity index (χ0n) is 18.2. The normalized spacial score (nSPS) is 30.1. The largest absolute Gasteiger partial charge is 0.303 e. The standard InChI is InChI=1S/C24H31FN4O/c1-23(2)18(6-8-20-7-5-17(14-26)15-28-20)9-11-24(23,3)12-10-22(30)29-16-19(25)13-21(29)27-4/h5,7,15,18-19,21H,6,8-13,16H2,1-3H3/t18-,19+,21+,24-/m1/s1. The number of hydrogen-bond donors (Lipinski definition) is 0. The lowest BCUT2D eigenvalue weighted by Crippen LogP contribution is -2.38. The third-order valence-corrected chi connectivity index (χ3v) is 7.90. The fourth-order valence-electron chi connectivity index (χ4n) is 5.26. The smallest absolute Gasteiger partial charge is 0.289 e. The highest BCUT2D eigenvalue weighted by atomic mass is 19.1. The van der Waals surface area contributed by atoms with E-state index >= 15 is 0 Å². The number of alkyl halides is 1. The Kier molecular flexibility index (Phi) is 6.46. The number of rotatable bonds is 6. The topological polar surface area (TPSA) is 61.4 Å². The minimum absolute atomic E-state index is 0.0356. The summed E-state index contributed by atoms with van der Waals surface area (Å²) in [6, 6.07) is 5.84. The molecule has 3 rings (SSSR count). The van der Waals surface area contributed by atoms with E-state index in [1.54, 1.807) is 6.20 Å². The van der Waals surface area contributed by atoms with Gasteiger partial charge in [-0.2, -0.15) is 5.26 Å². The van der Waals surface area contributed by atoms with E-state index in [1.807, 2.05) is 12.1 Å². The molecule has 1 aliphatic heterocycles. The van der Waals surface area contributed by atoms with E-state index in [-0.39, 0.29) is 29.7 Å². The average Bonchev–Trinajstić information content (AvgIpc) is 3.22. The molecule has 0 N–H and O–H groups in total. The van der Waals surface area contributed by atoms with Crippen LogP contribution in [0.2, 0.25) is 0 Å². The molecule has 0 aromatic carbocycles. The predicted molar refractivity (Wildman–Crippen MR) is 113 cm³/mol. The van der Waals surface area contributed by atoms with Crippen molar-refractivity contribution in [1.82, 2.24) is 9.88 Å². The second-order valence-electron chi connectivity index (χ2n) is 9.70. The number of aryl methyl sites for hydroxylation is 1. The van der Waals surface area contributed by atoms with Crippen LogP contribution in [0.1, 0.15) is 70.6 Å². The van der Waals surface area contributed by atoms with Crippen LogP contribution in [-0.4, -0.2) is 34.7 Å². The van der Waals surface area contributed by atoms with E-state index in [1.165, 1.54) is 4.90 Å². The monoisotopic (exact) mass is 410 g/mol. The SMILES string of the molecule is [C-]#[N+][C@@H]1C[C@H](F)CN1C(=O)CC[C@@]1(C)CC[C@@H](CCc2ccc(C#N)cn2)C1(C)C. The Morgan fingerprint density at radius 3 is 2.83 bits per heavy atom. The summed E-state index contributed by atoms with van der Waals surface area (Å²) in [5.74, 6) is 0.450. The van der Waals surface area contributed by atoms with E-state index in [9.17, 15) is 9.18 Å². The molecule has 0 bridgehead atoms. The molecule has 1 amide bonds. The van der Waals surface area contributed by atoms with Crippen molar-refractivity contribution < 1.29 is 9.18 Å². The van der Waals surface area contributed by atoms with Gasteiger partial charge in [-0.25, -0.2) is 11.0 Å². The quantitative estimate of drug-likeness (QED) is 0.625. The highest BCUT2D eigenvalue weighted by molar-refractivity contribution is 5.77. The molecule has 30 heavy (non-hydrogen) atoms. The lowest BCUT2D eigenvalue weighted by molar-refractivity contribution is -0.132. The van der Waals surface area contributed by atoms with Crippen LogP contribution in [0.3, 0.4) is 0 Å². The summed E-state index contributed by atoms with van der Waals surface area (Å²) < 4.78 is 13.7. The minimum Gasteiger partial charge on any atom is -0.289 e. The van der Waals surface area contributed by atoms with Crippen molar-refractivity contribution in [1.29, 1.82) is 5.26 Å². The minimum atomic E-state index is -1.08. The zero-order valence-corrected chi connectivity index (χ0v) is 18.2. The fraction of sp³-hybridized carbons (Fsp3) is 0.667. The number of nitriles is 1.